The van der Waals surface area contributed by atoms with Gasteiger partial charge in [-0.25, -0.2) is 0 Å². The van der Waals surface area contributed by atoms with Crippen LogP contribution in [-0.2, 0) is 4.79 Å². The molecule has 0 heterocycles. The first-order chi connectivity index (χ1) is 15.6. The molecule has 0 aliphatic carbocycles. The molecule has 0 aromatic heterocycles. The first-order valence-corrected chi connectivity index (χ1v) is 12.2. The van der Waals surface area contributed by atoms with E-state index < -0.39 is 12.2 Å². The minimum Gasteiger partial charge on any atom is -1.00 e. The monoisotopic (exact) mass is 520 g/mol. The van der Waals surface area contributed by atoms with E-state index in [0.29, 0.717) is 5.69 Å². The fourth-order valence-electron chi connectivity index (χ4n) is 3.85. The van der Waals surface area contributed by atoms with Crippen LogP contribution >= 0.6 is 7.26 Å². The Morgan fingerprint density at radius 1 is 0.697 bits per heavy atom. The van der Waals surface area contributed by atoms with Crippen LogP contribution in [0.15, 0.2) is 115 Å². The number of hydrogen-bond acceptors (Lipinski definition) is 3. The number of nitrogens with one attached hydrogen (secondary N) is 1. The van der Waals surface area contributed by atoms with Crippen LogP contribution in [0.2, 0.25) is 0 Å². The molecule has 0 aliphatic heterocycles. The molecular formula is C26H22BrN2O3P. The van der Waals surface area contributed by atoms with E-state index in [1.165, 1.54) is 12.1 Å². The molecule has 33 heavy (non-hydrogen) atoms. The lowest BCUT2D eigenvalue weighted by Crippen LogP contribution is -3.00. The van der Waals surface area contributed by atoms with Gasteiger partial charge in [-0.1, -0.05) is 54.6 Å². The van der Waals surface area contributed by atoms with Gasteiger partial charge in [0.25, 0.3) is 11.6 Å². The number of amides is 1. The predicted octanol–water partition coefficient (Wildman–Crippen LogP) is 1.53. The third kappa shape index (κ3) is 5.36. The molecule has 0 unspecified atom stereocenters. The number of rotatable bonds is 7. The van der Waals surface area contributed by atoms with E-state index in [0.717, 1.165) is 15.9 Å². The van der Waals surface area contributed by atoms with E-state index >= 15 is 0 Å². The van der Waals surface area contributed by atoms with Crippen LogP contribution in [0, 0.1) is 10.1 Å². The van der Waals surface area contributed by atoms with Gasteiger partial charge in [0, 0.05) is 17.8 Å². The summed E-state index contributed by atoms with van der Waals surface area (Å²) in [6.07, 6.45) is 0.280. The molecule has 4 aromatic rings. The van der Waals surface area contributed by atoms with E-state index in [4.69, 9.17) is 0 Å². The number of nitro benzene ring substituents is 1. The van der Waals surface area contributed by atoms with Crippen molar-refractivity contribution in [1.82, 2.24) is 0 Å². The zero-order valence-electron chi connectivity index (χ0n) is 17.7. The second-order valence-corrected chi connectivity index (χ2v) is 10.8. The van der Waals surface area contributed by atoms with Crippen molar-refractivity contribution in [1.29, 1.82) is 0 Å². The van der Waals surface area contributed by atoms with E-state index in [1.807, 2.05) is 54.6 Å². The van der Waals surface area contributed by atoms with Crippen LogP contribution < -0.4 is 38.2 Å². The Kier molecular flexibility index (Phi) is 8.10. The van der Waals surface area contributed by atoms with Gasteiger partial charge in [-0.3, -0.25) is 14.9 Å². The summed E-state index contributed by atoms with van der Waals surface area (Å²) in [6, 6.07) is 36.4. The van der Waals surface area contributed by atoms with Crippen molar-refractivity contribution in [3.05, 3.63) is 125 Å². The fraction of sp³-hybridized carbons (Fsp3) is 0.0385. The Bertz CT molecular complexity index is 1110. The van der Waals surface area contributed by atoms with Gasteiger partial charge < -0.3 is 22.3 Å². The van der Waals surface area contributed by atoms with E-state index in [9.17, 15) is 14.9 Å². The lowest BCUT2D eigenvalue weighted by atomic mass is 10.3. The molecule has 166 valence electrons. The normalized spacial score (nSPS) is 10.7. The smallest absolute Gasteiger partial charge is 0.269 e. The zero-order valence-corrected chi connectivity index (χ0v) is 20.2. The quantitative estimate of drug-likeness (QED) is 0.228. The third-order valence-corrected chi connectivity index (χ3v) is 9.63. The number of benzene rings is 4. The summed E-state index contributed by atoms with van der Waals surface area (Å²) < 4.78 is 0. The molecule has 0 saturated heterocycles. The second-order valence-electron chi connectivity index (χ2n) is 7.33. The first-order valence-electron chi connectivity index (χ1n) is 10.2. The summed E-state index contributed by atoms with van der Waals surface area (Å²) in [6.45, 7) is 0. The molecule has 0 saturated carbocycles. The van der Waals surface area contributed by atoms with Crippen molar-refractivity contribution in [3.63, 3.8) is 0 Å². The molecule has 0 atom stereocenters. The van der Waals surface area contributed by atoms with Gasteiger partial charge in [0.2, 0.25) is 0 Å². The maximum absolute atomic E-state index is 13.3. The number of nitrogens with zero attached hydrogens (tertiary/aromatic N) is 1. The molecule has 4 aromatic carbocycles. The number of carbonyl (C=O) groups excluding carboxylic acids is 1. The topological polar surface area (TPSA) is 72.2 Å². The summed E-state index contributed by atoms with van der Waals surface area (Å²) >= 11 is 0. The fourth-order valence-corrected chi connectivity index (χ4v) is 7.85. The molecule has 0 fully saturated rings. The van der Waals surface area contributed by atoms with Crippen LogP contribution in [0.3, 0.4) is 0 Å². The van der Waals surface area contributed by atoms with Gasteiger partial charge in [-0.15, -0.1) is 0 Å². The number of halogens is 1. The highest BCUT2D eigenvalue weighted by Gasteiger charge is 2.47. The van der Waals surface area contributed by atoms with Gasteiger partial charge in [-0.2, -0.15) is 0 Å². The van der Waals surface area contributed by atoms with Crippen molar-refractivity contribution < 1.29 is 26.7 Å². The van der Waals surface area contributed by atoms with Gasteiger partial charge in [0.05, 0.1) is 4.92 Å². The molecule has 4 rings (SSSR count). The molecule has 0 radical (unpaired) electrons. The molecule has 7 heteroatoms. The number of hydrogen-bond donors (Lipinski definition) is 1. The van der Waals surface area contributed by atoms with Gasteiger partial charge in [0.15, 0.2) is 6.16 Å². The number of anilines is 1. The second kappa shape index (κ2) is 11.0. The Balaban J connectivity index is 0.00000306. The Hall–Kier alpha value is -3.34. The van der Waals surface area contributed by atoms with Crippen molar-refractivity contribution in [3.8, 4) is 0 Å². The summed E-state index contributed by atoms with van der Waals surface area (Å²) in [5.74, 6) is -0.135. The van der Waals surface area contributed by atoms with Crippen molar-refractivity contribution in [2.45, 2.75) is 0 Å². The lowest BCUT2D eigenvalue weighted by Gasteiger charge is -2.27. The third-order valence-electron chi connectivity index (χ3n) is 5.33. The van der Waals surface area contributed by atoms with Crippen LogP contribution in [0.25, 0.3) is 0 Å². The van der Waals surface area contributed by atoms with Crippen LogP contribution in [0.5, 0.6) is 0 Å². The van der Waals surface area contributed by atoms with Crippen molar-refractivity contribution >= 4 is 40.5 Å². The van der Waals surface area contributed by atoms with E-state index in [-0.39, 0.29) is 34.7 Å². The number of carbonyl (C=O) groups is 1. The lowest BCUT2D eigenvalue weighted by molar-refractivity contribution is -0.384. The van der Waals surface area contributed by atoms with Gasteiger partial charge in [-0.05, 0) is 48.5 Å². The summed E-state index contributed by atoms with van der Waals surface area (Å²) in [5.41, 5.74) is 0.524. The summed E-state index contributed by atoms with van der Waals surface area (Å²) in [7, 11) is -2.29. The Morgan fingerprint density at radius 3 is 1.45 bits per heavy atom. The highest BCUT2D eigenvalue weighted by molar-refractivity contribution is 7.96. The Morgan fingerprint density at radius 2 is 1.09 bits per heavy atom. The molecule has 5 nitrogen and oxygen atoms in total. The number of nitro groups is 1. The maximum atomic E-state index is 13.3. The largest absolute Gasteiger partial charge is 1.00 e. The minimum atomic E-state index is -2.29. The highest BCUT2D eigenvalue weighted by Crippen LogP contribution is 2.55. The van der Waals surface area contributed by atoms with Gasteiger partial charge >= 0.3 is 0 Å². The molecule has 0 spiro atoms. The molecule has 1 N–H and O–H groups in total. The Labute approximate surface area is 203 Å². The molecular weight excluding hydrogens is 499 g/mol. The molecule has 0 bridgehead atoms. The molecule has 1 amide bonds. The van der Waals surface area contributed by atoms with E-state index in [2.05, 4.69) is 41.7 Å². The standard InChI is InChI=1S/C26H21N2O3P.BrH/c29-26(27-21-16-18-22(19-17-21)28(30)31)20-32(23-10-4-1-5-11-23,24-12-6-2-7-13-24)25-14-8-3-9-15-25;/h1-19H,20H2;1H. The SMILES string of the molecule is O=C(C[P+](c1ccccc1)(c1ccccc1)c1ccccc1)Nc1ccc([N+](=O)[O-])cc1.[Br-]. The van der Waals surface area contributed by atoms with Crippen molar-refractivity contribution in [2.24, 2.45) is 0 Å². The first kappa shape index (κ1) is 24.3. The highest BCUT2D eigenvalue weighted by atomic mass is 79.9. The van der Waals surface area contributed by atoms with E-state index in [1.54, 1.807) is 12.1 Å². The maximum Gasteiger partial charge on any atom is 0.269 e. The predicted molar refractivity (Wildman–Crippen MR) is 132 cm³/mol. The zero-order chi connectivity index (χ0) is 22.4. The average molecular weight is 521 g/mol. The number of non-ortho nitro benzene ring substituents is 1. The van der Waals surface area contributed by atoms with Crippen LogP contribution in [-0.4, -0.2) is 17.0 Å². The summed E-state index contributed by atoms with van der Waals surface area (Å²) in [4.78, 5) is 23.8. The van der Waals surface area contributed by atoms with Crippen LogP contribution in [0.4, 0.5) is 11.4 Å². The average Bonchev–Trinajstić information content (AvgIpc) is 2.84. The summed E-state index contributed by atoms with van der Waals surface area (Å²) in [5, 5.41) is 17.2. The molecule has 0 aliphatic rings. The van der Waals surface area contributed by atoms with Gasteiger partial charge in [0.1, 0.15) is 23.2 Å². The van der Waals surface area contributed by atoms with Crippen LogP contribution in [0.1, 0.15) is 0 Å². The minimum absolute atomic E-state index is 0. The van der Waals surface area contributed by atoms with Crippen molar-refractivity contribution in [2.75, 3.05) is 11.5 Å².